The molecule has 1 N–H and O–H groups in total. The Hall–Kier alpha value is -1.83. The zero-order valence-corrected chi connectivity index (χ0v) is 12.4. The monoisotopic (exact) mass is 271 g/mol. The normalized spacial score (nSPS) is 10.8. The lowest BCUT2D eigenvalue weighted by molar-refractivity contribution is 0.618. The van der Waals surface area contributed by atoms with E-state index in [0.717, 1.165) is 18.7 Å². The Morgan fingerprint density at radius 3 is 2.25 bits per heavy atom. The van der Waals surface area contributed by atoms with Gasteiger partial charge in [-0.1, -0.05) is 38.1 Å². The largest absolute Gasteiger partial charge is 0.381 e. The molecule has 20 heavy (non-hydrogen) atoms. The summed E-state index contributed by atoms with van der Waals surface area (Å²) in [6, 6.07) is 13.8. The topological polar surface area (TPSA) is 12.0 Å². The molecule has 0 atom stereocenters. The molecule has 0 radical (unpaired) electrons. The van der Waals surface area contributed by atoms with Crippen LogP contribution in [0, 0.1) is 18.7 Å². The van der Waals surface area contributed by atoms with Crippen LogP contribution in [0.5, 0.6) is 0 Å². The number of aryl methyl sites for hydroxylation is 1. The first kappa shape index (κ1) is 14.6. The van der Waals surface area contributed by atoms with E-state index in [9.17, 15) is 4.39 Å². The first-order valence-electron chi connectivity index (χ1n) is 7.12. The highest BCUT2D eigenvalue weighted by Gasteiger charge is 2.00. The third kappa shape index (κ3) is 4.09. The van der Waals surface area contributed by atoms with Crippen molar-refractivity contribution in [2.24, 2.45) is 5.92 Å². The highest BCUT2D eigenvalue weighted by atomic mass is 19.1. The van der Waals surface area contributed by atoms with Crippen LogP contribution in [-0.4, -0.2) is 0 Å². The van der Waals surface area contributed by atoms with Crippen molar-refractivity contribution in [2.75, 3.05) is 5.32 Å². The third-order valence-electron chi connectivity index (χ3n) is 3.32. The van der Waals surface area contributed by atoms with Gasteiger partial charge in [-0.25, -0.2) is 4.39 Å². The molecule has 0 saturated carbocycles. The molecule has 0 fully saturated rings. The van der Waals surface area contributed by atoms with Crippen LogP contribution in [0.25, 0.3) is 0 Å². The fourth-order valence-electron chi connectivity index (χ4n) is 2.22. The Balaban J connectivity index is 1.95. The van der Waals surface area contributed by atoms with E-state index in [1.807, 2.05) is 6.07 Å². The highest BCUT2D eigenvalue weighted by Crippen LogP contribution is 2.15. The van der Waals surface area contributed by atoms with Gasteiger partial charge in [-0.3, -0.25) is 0 Å². The average Bonchev–Trinajstić information content (AvgIpc) is 2.41. The van der Waals surface area contributed by atoms with Crippen LogP contribution in [0.3, 0.4) is 0 Å². The molecule has 2 aromatic carbocycles. The van der Waals surface area contributed by atoms with Crippen LogP contribution >= 0.6 is 0 Å². The van der Waals surface area contributed by atoms with Crippen LogP contribution in [0.2, 0.25) is 0 Å². The number of halogens is 1. The maximum Gasteiger partial charge on any atom is 0.126 e. The second-order valence-corrected chi connectivity index (χ2v) is 5.73. The van der Waals surface area contributed by atoms with Crippen LogP contribution in [-0.2, 0) is 13.0 Å². The van der Waals surface area contributed by atoms with E-state index in [1.54, 1.807) is 13.0 Å². The maximum atomic E-state index is 13.2. The van der Waals surface area contributed by atoms with Crippen molar-refractivity contribution >= 4 is 5.69 Å². The van der Waals surface area contributed by atoms with E-state index in [0.29, 0.717) is 11.5 Å². The summed E-state index contributed by atoms with van der Waals surface area (Å²) < 4.78 is 13.2. The summed E-state index contributed by atoms with van der Waals surface area (Å²) in [6.45, 7) is 6.99. The van der Waals surface area contributed by atoms with Crippen LogP contribution in [0.4, 0.5) is 10.1 Å². The van der Waals surface area contributed by atoms with Crippen LogP contribution < -0.4 is 5.32 Å². The Morgan fingerprint density at radius 2 is 1.65 bits per heavy atom. The van der Waals surface area contributed by atoms with E-state index in [4.69, 9.17) is 0 Å². The minimum Gasteiger partial charge on any atom is -0.381 e. The Bertz CT molecular complexity index is 558. The highest BCUT2D eigenvalue weighted by molar-refractivity contribution is 5.46. The maximum absolute atomic E-state index is 13.2. The summed E-state index contributed by atoms with van der Waals surface area (Å²) in [5, 5.41) is 3.32. The van der Waals surface area contributed by atoms with Crippen molar-refractivity contribution < 1.29 is 4.39 Å². The van der Waals surface area contributed by atoms with Gasteiger partial charge in [-0.05, 0) is 54.2 Å². The zero-order chi connectivity index (χ0) is 14.5. The van der Waals surface area contributed by atoms with Gasteiger partial charge in [0.2, 0.25) is 0 Å². The molecule has 0 bridgehead atoms. The first-order valence-corrected chi connectivity index (χ1v) is 7.12. The molecular weight excluding hydrogens is 249 g/mol. The predicted molar refractivity (Wildman–Crippen MR) is 83.4 cm³/mol. The fourth-order valence-corrected chi connectivity index (χ4v) is 2.22. The van der Waals surface area contributed by atoms with Crippen molar-refractivity contribution in [3.05, 3.63) is 65.0 Å². The summed E-state index contributed by atoms with van der Waals surface area (Å²) in [5.41, 5.74) is 4.23. The molecule has 0 aromatic heterocycles. The Labute approximate surface area is 120 Å². The summed E-state index contributed by atoms with van der Waals surface area (Å²) in [5.74, 6) is 0.523. The second kappa shape index (κ2) is 6.56. The minimum atomic E-state index is -0.159. The molecule has 0 saturated heterocycles. The first-order chi connectivity index (χ1) is 9.54. The molecule has 0 aliphatic carbocycles. The van der Waals surface area contributed by atoms with Crippen molar-refractivity contribution in [2.45, 2.75) is 33.7 Å². The van der Waals surface area contributed by atoms with Crippen LogP contribution in [0.1, 0.15) is 30.5 Å². The third-order valence-corrected chi connectivity index (χ3v) is 3.32. The van der Waals surface area contributed by atoms with E-state index >= 15 is 0 Å². The number of anilines is 1. The van der Waals surface area contributed by atoms with Gasteiger partial charge in [0.1, 0.15) is 5.82 Å². The molecule has 0 spiro atoms. The molecule has 0 unspecified atom stereocenters. The molecule has 0 heterocycles. The average molecular weight is 271 g/mol. The molecule has 1 nitrogen and oxygen atoms in total. The SMILES string of the molecule is Cc1cc(NCc2ccc(CC(C)C)cc2)ccc1F. The van der Waals surface area contributed by atoms with Gasteiger partial charge in [0, 0.05) is 12.2 Å². The van der Waals surface area contributed by atoms with Crippen LogP contribution in [0.15, 0.2) is 42.5 Å². The fraction of sp³-hybridized carbons (Fsp3) is 0.333. The molecule has 0 aliphatic rings. The van der Waals surface area contributed by atoms with Crippen molar-refractivity contribution in [3.8, 4) is 0 Å². The Kier molecular flexibility index (Phi) is 4.78. The lowest BCUT2D eigenvalue weighted by atomic mass is 10.0. The lowest BCUT2D eigenvalue weighted by Crippen LogP contribution is -2.01. The molecule has 0 aliphatic heterocycles. The quantitative estimate of drug-likeness (QED) is 0.811. The van der Waals surface area contributed by atoms with Gasteiger partial charge in [-0.2, -0.15) is 0 Å². The number of benzene rings is 2. The molecular formula is C18H22FN. The molecule has 2 aromatic rings. The number of hydrogen-bond donors (Lipinski definition) is 1. The molecule has 106 valence electrons. The summed E-state index contributed by atoms with van der Waals surface area (Å²) >= 11 is 0. The van der Waals surface area contributed by atoms with E-state index < -0.39 is 0 Å². The number of nitrogens with one attached hydrogen (secondary N) is 1. The van der Waals surface area contributed by atoms with E-state index in [1.165, 1.54) is 17.2 Å². The van der Waals surface area contributed by atoms with Crippen molar-refractivity contribution in [3.63, 3.8) is 0 Å². The zero-order valence-electron chi connectivity index (χ0n) is 12.4. The predicted octanol–water partition coefficient (Wildman–Crippen LogP) is 4.94. The molecule has 0 amide bonds. The van der Waals surface area contributed by atoms with Gasteiger partial charge < -0.3 is 5.32 Å². The Morgan fingerprint density at radius 1 is 1.00 bits per heavy atom. The standard InChI is InChI=1S/C18H22FN/c1-13(2)10-15-4-6-16(7-5-15)12-20-17-8-9-18(19)14(3)11-17/h4-9,11,13,20H,10,12H2,1-3H3. The van der Waals surface area contributed by atoms with E-state index in [2.05, 4.69) is 43.4 Å². The van der Waals surface area contributed by atoms with Gasteiger partial charge in [0.05, 0.1) is 0 Å². The van der Waals surface area contributed by atoms with E-state index in [-0.39, 0.29) is 5.82 Å². The summed E-state index contributed by atoms with van der Waals surface area (Å²) in [6.07, 6.45) is 1.12. The van der Waals surface area contributed by atoms with Gasteiger partial charge in [0.25, 0.3) is 0 Å². The minimum absolute atomic E-state index is 0.159. The summed E-state index contributed by atoms with van der Waals surface area (Å²) in [4.78, 5) is 0. The molecule has 2 rings (SSSR count). The lowest BCUT2D eigenvalue weighted by Gasteiger charge is -2.09. The van der Waals surface area contributed by atoms with Gasteiger partial charge in [-0.15, -0.1) is 0 Å². The summed E-state index contributed by atoms with van der Waals surface area (Å²) in [7, 11) is 0. The van der Waals surface area contributed by atoms with Gasteiger partial charge in [0.15, 0.2) is 0 Å². The second-order valence-electron chi connectivity index (χ2n) is 5.73. The smallest absolute Gasteiger partial charge is 0.126 e. The van der Waals surface area contributed by atoms with Gasteiger partial charge >= 0.3 is 0 Å². The van der Waals surface area contributed by atoms with Crippen molar-refractivity contribution in [1.29, 1.82) is 0 Å². The number of rotatable bonds is 5. The van der Waals surface area contributed by atoms with Crippen molar-refractivity contribution in [1.82, 2.24) is 0 Å². The number of hydrogen-bond acceptors (Lipinski definition) is 1. The molecule has 2 heteroatoms.